The van der Waals surface area contributed by atoms with Crippen LogP contribution in [0.4, 0.5) is 14.6 Å². The minimum atomic E-state index is -0.818. The standard InChI is InChI=1S/C15H14ClF2N5O/c1-7(2)21-14-12(13(16)22-15-19-6-20-23(14)15)11-9(17)4-8(24-3)5-10(11)18/h4-7,21H,1-3H3. The molecule has 2 heterocycles. The van der Waals surface area contributed by atoms with E-state index in [0.29, 0.717) is 5.82 Å². The summed E-state index contributed by atoms with van der Waals surface area (Å²) in [6.45, 7) is 3.75. The Bertz CT molecular complexity index is 889. The van der Waals surface area contributed by atoms with Crippen LogP contribution in [0.1, 0.15) is 13.8 Å². The van der Waals surface area contributed by atoms with Crippen molar-refractivity contribution in [1.82, 2.24) is 19.6 Å². The van der Waals surface area contributed by atoms with E-state index in [1.807, 2.05) is 13.8 Å². The van der Waals surface area contributed by atoms with Crippen LogP contribution in [0.5, 0.6) is 5.75 Å². The second kappa shape index (κ2) is 6.20. The maximum Gasteiger partial charge on any atom is 0.255 e. The number of hydrogen-bond donors (Lipinski definition) is 1. The van der Waals surface area contributed by atoms with Crippen molar-refractivity contribution in [3.05, 3.63) is 35.2 Å². The van der Waals surface area contributed by atoms with Crippen molar-refractivity contribution in [3.63, 3.8) is 0 Å². The molecule has 0 saturated carbocycles. The van der Waals surface area contributed by atoms with Crippen molar-refractivity contribution in [3.8, 4) is 16.9 Å². The first kappa shape index (κ1) is 16.4. The summed E-state index contributed by atoms with van der Waals surface area (Å²) in [4.78, 5) is 8.02. The molecular formula is C15H14ClF2N5O. The zero-order valence-corrected chi connectivity index (χ0v) is 13.9. The molecule has 1 aromatic carbocycles. The quantitative estimate of drug-likeness (QED) is 0.727. The molecule has 0 fully saturated rings. The number of nitrogens with zero attached hydrogens (tertiary/aromatic N) is 4. The molecule has 0 amide bonds. The van der Waals surface area contributed by atoms with Crippen LogP contribution in [0.15, 0.2) is 18.5 Å². The van der Waals surface area contributed by atoms with Gasteiger partial charge in [-0.15, -0.1) is 0 Å². The maximum atomic E-state index is 14.5. The highest BCUT2D eigenvalue weighted by Crippen LogP contribution is 2.38. The van der Waals surface area contributed by atoms with E-state index in [-0.39, 0.29) is 33.8 Å². The van der Waals surface area contributed by atoms with E-state index in [0.717, 1.165) is 12.1 Å². The monoisotopic (exact) mass is 353 g/mol. The summed E-state index contributed by atoms with van der Waals surface area (Å²) in [5, 5.41) is 7.06. The molecule has 0 spiro atoms. The lowest BCUT2D eigenvalue weighted by Gasteiger charge is -2.17. The Labute approximate surface area is 141 Å². The van der Waals surface area contributed by atoms with Crippen molar-refractivity contribution >= 4 is 23.2 Å². The summed E-state index contributed by atoms with van der Waals surface area (Å²) in [6.07, 6.45) is 1.29. The van der Waals surface area contributed by atoms with E-state index in [1.165, 1.54) is 18.0 Å². The van der Waals surface area contributed by atoms with E-state index >= 15 is 0 Å². The molecule has 3 aromatic rings. The van der Waals surface area contributed by atoms with Gasteiger partial charge in [-0.05, 0) is 13.8 Å². The molecule has 6 nitrogen and oxygen atoms in total. The van der Waals surface area contributed by atoms with Gasteiger partial charge in [0.05, 0.1) is 18.2 Å². The molecule has 2 aromatic heterocycles. The van der Waals surface area contributed by atoms with Crippen molar-refractivity contribution in [2.24, 2.45) is 0 Å². The Morgan fingerprint density at radius 3 is 2.46 bits per heavy atom. The van der Waals surface area contributed by atoms with Crippen LogP contribution >= 0.6 is 11.6 Å². The molecule has 0 aliphatic heterocycles. The van der Waals surface area contributed by atoms with E-state index in [4.69, 9.17) is 16.3 Å². The molecule has 1 N–H and O–H groups in total. The van der Waals surface area contributed by atoms with Gasteiger partial charge in [-0.3, -0.25) is 0 Å². The Morgan fingerprint density at radius 1 is 1.21 bits per heavy atom. The highest BCUT2D eigenvalue weighted by molar-refractivity contribution is 6.33. The van der Waals surface area contributed by atoms with Gasteiger partial charge in [-0.2, -0.15) is 19.6 Å². The zero-order chi connectivity index (χ0) is 17.4. The predicted molar refractivity (Wildman–Crippen MR) is 86.5 cm³/mol. The third-order valence-electron chi connectivity index (χ3n) is 3.31. The highest BCUT2D eigenvalue weighted by atomic mass is 35.5. The molecule has 126 valence electrons. The zero-order valence-electron chi connectivity index (χ0n) is 13.1. The second-order valence-corrected chi connectivity index (χ2v) is 5.72. The molecule has 0 bridgehead atoms. The molecule has 0 aliphatic rings. The maximum absolute atomic E-state index is 14.5. The molecule has 0 radical (unpaired) electrons. The summed E-state index contributed by atoms with van der Waals surface area (Å²) in [5.41, 5.74) is -0.241. The smallest absolute Gasteiger partial charge is 0.255 e. The number of hydrogen-bond acceptors (Lipinski definition) is 5. The number of ether oxygens (including phenoxy) is 1. The van der Waals surface area contributed by atoms with Crippen LogP contribution in [0.3, 0.4) is 0 Å². The van der Waals surface area contributed by atoms with E-state index in [1.54, 1.807) is 0 Å². The van der Waals surface area contributed by atoms with Crippen LogP contribution in [-0.4, -0.2) is 32.7 Å². The largest absolute Gasteiger partial charge is 0.497 e. The number of anilines is 1. The van der Waals surface area contributed by atoms with Gasteiger partial charge in [-0.1, -0.05) is 11.6 Å². The average Bonchev–Trinajstić information content (AvgIpc) is 2.96. The molecule has 0 aliphatic carbocycles. The highest BCUT2D eigenvalue weighted by Gasteiger charge is 2.24. The van der Waals surface area contributed by atoms with Gasteiger partial charge < -0.3 is 10.1 Å². The summed E-state index contributed by atoms with van der Waals surface area (Å²) in [5.74, 6) is -1.04. The number of halogens is 3. The number of benzene rings is 1. The van der Waals surface area contributed by atoms with Crippen molar-refractivity contribution in [1.29, 1.82) is 0 Å². The Hall–Kier alpha value is -2.48. The third-order valence-corrected chi connectivity index (χ3v) is 3.58. The summed E-state index contributed by atoms with van der Waals surface area (Å²) in [6, 6.07) is 2.12. The molecule has 3 rings (SSSR count). The third kappa shape index (κ3) is 2.73. The molecule has 0 unspecified atom stereocenters. The van der Waals surface area contributed by atoms with Crippen molar-refractivity contribution in [2.45, 2.75) is 19.9 Å². The lowest BCUT2D eigenvalue weighted by Crippen LogP contribution is -2.16. The second-order valence-electron chi connectivity index (χ2n) is 5.36. The van der Waals surface area contributed by atoms with E-state index in [2.05, 4.69) is 20.4 Å². The fourth-order valence-electron chi connectivity index (χ4n) is 2.35. The molecule has 9 heteroatoms. The van der Waals surface area contributed by atoms with Gasteiger partial charge in [0.2, 0.25) is 0 Å². The van der Waals surface area contributed by atoms with Crippen molar-refractivity contribution < 1.29 is 13.5 Å². The molecule has 0 saturated heterocycles. The molecule has 0 atom stereocenters. The summed E-state index contributed by atoms with van der Waals surface area (Å²) < 4.78 is 35.3. The number of fused-ring (bicyclic) bond motifs is 1. The van der Waals surface area contributed by atoms with E-state index < -0.39 is 11.6 Å². The Morgan fingerprint density at radius 2 is 1.88 bits per heavy atom. The SMILES string of the molecule is COc1cc(F)c(-c2c(Cl)nc3ncnn3c2NC(C)C)c(F)c1. The topological polar surface area (TPSA) is 64.3 Å². The summed E-state index contributed by atoms with van der Waals surface area (Å²) in [7, 11) is 1.33. The fourth-order valence-corrected chi connectivity index (χ4v) is 2.61. The Balaban J connectivity index is 2.35. The predicted octanol–water partition coefficient (Wildman–Crippen LogP) is 3.55. The number of aromatic nitrogens is 4. The van der Waals surface area contributed by atoms with Gasteiger partial charge >= 0.3 is 0 Å². The summed E-state index contributed by atoms with van der Waals surface area (Å²) >= 11 is 6.20. The average molecular weight is 354 g/mol. The number of rotatable bonds is 4. The minimum absolute atomic E-state index is 0.0426. The number of methoxy groups -OCH3 is 1. The van der Waals surface area contributed by atoms with Crippen LogP contribution in [-0.2, 0) is 0 Å². The normalized spacial score (nSPS) is 11.3. The van der Waals surface area contributed by atoms with Crippen LogP contribution in [0, 0.1) is 11.6 Å². The fraction of sp³-hybridized carbons (Fsp3) is 0.267. The van der Waals surface area contributed by atoms with Gasteiger partial charge in [0.25, 0.3) is 5.78 Å². The first-order chi connectivity index (χ1) is 11.4. The number of nitrogens with one attached hydrogen (secondary N) is 1. The van der Waals surface area contributed by atoms with Gasteiger partial charge in [0.15, 0.2) is 0 Å². The van der Waals surface area contributed by atoms with Gasteiger partial charge in [-0.25, -0.2) is 8.78 Å². The van der Waals surface area contributed by atoms with Crippen molar-refractivity contribution in [2.75, 3.05) is 12.4 Å². The Kier molecular flexibility index (Phi) is 4.23. The first-order valence-electron chi connectivity index (χ1n) is 7.11. The molecular weight excluding hydrogens is 340 g/mol. The first-order valence-corrected chi connectivity index (χ1v) is 7.49. The molecule has 24 heavy (non-hydrogen) atoms. The lowest BCUT2D eigenvalue weighted by molar-refractivity contribution is 0.407. The van der Waals surface area contributed by atoms with Crippen LogP contribution < -0.4 is 10.1 Å². The van der Waals surface area contributed by atoms with Gasteiger partial charge in [0.1, 0.15) is 34.7 Å². The minimum Gasteiger partial charge on any atom is -0.497 e. The van der Waals surface area contributed by atoms with Crippen LogP contribution in [0.25, 0.3) is 16.9 Å². The lowest BCUT2D eigenvalue weighted by atomic mass is 10.1. The van der Waals surface area contributed by atoms with Crippen LogP contribution in [0.2, 0.25) is 5.15 Å². The van der Waals surface area contributed by atoms with E-state index in [9.17, 15) is 8.78 Å². The van der Waals surface area contributed by atoms with Gasteiger partial charge in [0, 0.05) is 18.2 Å².